The van der Waals surface area contributed by atoms with Crippen molar-refractivity contribution in [1.29, 1.82) is 0 Å². The van der Waals surface area contributed by atoms with Gasteiger partial charge in [-0.15, -0.1) is 0 Å². The number of Topliss-reactive ketones (excluding diaryl/α,β-unsaturated/α-hetero) is 1. The minimum absolute atomic E-state index is 0.174. The van der Waals surface area contributed by atoms with E-state index >= 15 is 0 Å². The van der Waals surface area contributed by atoms with Crippen LogP contribution in [-0.4, -0.2) is 41.5 Å². The molecule has 0 spiro atoms. The number of hydrogen-bond acceptors (Lipinski definition) is 5. The molecule has 2 aliphatic heterocycles. The maximum absolute atomic E-state index is 12.4. The highest BCUT2D eigenvalue weighted by molar-refractivity contribution is 6.08. The molecule has 1 unspecified atom stereocenters. The van der Waals surface area contributed by atoms with E-state index in [4.69, 9.17) is 9.47 Å². The van der Waals surface area contributed by atoms with Gasteiger partial charge in [0, 0.05) is 13.0 Å². The molecule has 0 aliphatic carbocycles. The van der Waals surface area contributed by atoms with Crippen LogP contribution >= 0.6 is 0 Å². The Hall–Kier alpha value is -2.50. The van der Waals surface area contributed by atoms with Crippen LogP contribution in [0.5, 0.6) is 11.5 Å². The third kappa shape index (κ3) is 2.62. The third-order valence-electron chi connectivity index (χ3n) is 4.27. The van der Waals surface area contributed by atoms with Crippen molar-refractivity contribution in [2.24, 2.45) is 0 Å². The van der Waals surface area contributed by atoms with Gasteiger partial charge >= 0.3 is 0 Å². The fourth-order valence-electron chi connectivity index (χ4n) is 3.18. The normalized spacial score (nSPS) is 19.8. The van der Waals surface area contributed by atoms with Gasteiger partial charge in [0.05, 0.1) is 11.6 Å². The van der Waals surface area contributed by atoms with Crippen molar-refractivity contribution >= 4 is 11.7 Å². The van der Waals surface area contributed by atoms with E-state index in [1.165, 1.54) is 0 Å². The van der Waals surface area contributed by atoms with Crippen LogP contribution in [0.25, 0.3) is 0 Å². The van der Waals surface area contributed by atoms with Gasteiger partial charge in [0.2, 0.25) is 0 Å². The summed E-state index contributed by atoms with van der Waals surface area (Å²) in [4.78, 5) is 26.3. The maximum atomic E-state index is 12.4. The Kier molecular flexibility index (Phi) is 4.46. The van der Waals surface area contributed by atoms with Crippen molar-refractivity contribution in [3.63, 3.8) is 0 Å². The predicted octanol–water partition coefficient (Wildman–Crippen LogP) is 2.54. The number of carbonyl (C=O) groups excluding carboxylic acids is 2. The second-order valence-electron chi connectivity index (χ2n) is 5.84. The first kappa shape index (κ1) is 16.4. The first-order valence-corrected chi connectivity index (χ1v) is 8.25. The molecule has 0 saturated carbocycles. The summed E-state index contributed by atoms with van der Waals surface area (Å²) in [6.07, 6.45) is 0.960. The third-order valence-corrected chi connectivity index (χ3v) is 4.27. The van der Waals surface area contributed by atoms with E-state index in [1.54, 1.807) is 24.0 Å². The Morgan fingerprint density at radius 3 is 2.62 bits per heavy atom. The highest BCUT2D eigenvalue weighted by Gasteiger charge is 2.42. The van der Waals surface area contributed by atoms with Gasteiger partial charge in [-0.1, -0.05) is 19.9 Å². The van der Waals surface area contributed by atoms with Gasteiger partial charge in [-0.25, -0.2) is 0 Å². The van der Waals surface area contributed by atoms with Gasteiger partial charge in [-0.3, -0.25) is 9.59 Å². The quantitative estimate of drug-likeness (QED) is 0.897. The molecule has 1 aromatic carbocycles. The van der Waals surface area contributed by atoms with Crippen molar-refractivity contribution < 1.29 is 24.2 Å². The number of hydrogen-bond donors (Lipinski definition) is 1. The average molecular weight is 331 g/mol. The molecule has 1 amide bonds. The fourth-order valence-corrected chi connectivity index (χ4v) is 3.18. The average Bonchev–Trinajstić information content (AvgIpc) is 2.86. The summed E-state index contributed by atoms with van der Waals surface area (Å²) < 4.78 is 11.1. The van der Waals surface area contributed by atoms with Crippen LogP contribution in [0, 0.1) is 0 Å². The van der Waals surface area contributed by atoms with Crippen molar-refractivity contribution in [1.82, 2.24) is 4.90 Å². The highest BCUT2D eigenvalue weighted by Crippen LogP contribution is 2.41. The molecule has 128 valence electrons. The molecule has 0 fully saturated rings. The first-order chi connectivity index (χ1) is 11.6. The summed E-state index contributed by atoms with van der Waals surface area (Å²) in [5, 5.41) is 10.2. The van der Waals surface area contributed by atoms with Crippen molar-refractivity contribution in [2.75, 3.05) is 19.8 Å². The number of fused-ring (bicyclic) bond motifs is 1. The Morgan fingerprint density at radius 1 is 1.25 bits per heavy atom. The Bertz CT molecular complexity index is 709. The van der Waals surface area contributed by atoms with Crippen molar-refractivity contribution in [3.8, 4) is 11.5 Å². The molecule has 1 atom stereocenters. The van der Waals surface area contributed by atoms with Gasteiger partial charge in [-0.05, 0) is 24.1 Å². The Labute approximate surface area is 140 Å². The lowest BCUT2D eigenvalue weighted by Crippen LogP contribution is -2.31. The van der Waals surface area contributed by atoms with Crippen LogP contribution in [0.4, 0.5) is 0 Å². The number of rotatable bonds is 5. The molecule has 2 heterocycles. The van der Waals surface area contributed by atoms with Crippen LogP contribution in [0.1, 0.15) is 38.3 Å². The molecular formula is C18H21NO5. The van der Waals surface area contributed by atoms with Crippen molar-refractivity contribution in [2.45, 2.75) is 32.7 Å². The number of carbonyl (C=O) groups is 2. The molecule has 1 N–H and O–H groups in total. The number of benzene rings is 1. The van der Waals surface area contributed by atoms with Gasteiger partial charge in [0.1, 0.15) is 13.2 Å². The van der Waals surface area contributed by atoms with Gasteiger partial charge in [-0.2, -0.15) is 0 Å². The van der Waals surface area contributed by atoms with E-state index in [9.17, 15) is 14.7 Å². The maximum Gasteiger partial charge on any atom is 0.290 e. The zero-order valence-corrected chi connectivity index (χ0v) is 13.9. The van der Waals surface area contributed by atoms with Crippen molar-refractivity contribution in [3.05, 3.63) is 35.1 Å². The van der Waals surface area contributed by atoms with Gasteiger partial charge < -0.3 is 19.5 Å². The lowest BCUT2D eigenvalue weighted by atomic mass is 9.94. The lowest BCUT2D eigenvalue weighted by Gasteiger charge is -2.27. The highest BCUT2D eigenvalue weighted by atomic mass is 16.6. The summed E-state index contributed by atoms with van der Waals surface area (Å²) in [6.45, 7) is 5.08. The number of nitrogens with zero attached hydrogens (tertiary/aromatic N) is 1. The second kappa shape index (κ2) is 6.55. The fraction of sp³-hybridized carbons (Fsp3) is 0.444. The number of ketones is 1. The summed E-state index contributed by atoms with van der Waals surface area (Å²) in [5.41, 5.74) is 0.912. The van der Waals surface area contributed by atoms with Gasteiger partial charge in [0.25, 0.3) is 5.91 Å². The Morgan fingerprint density at radius 2 is 1.96 bits per heavy atom. The van der Waals surface area contributed by atoms with Crippen LogP contribution in [0.3, 0.4) is 0 Å². The predicted molar refractivity (Wildman–Crippen MR) is 87.1 cm³/mol. The molecular weight excluding hydrogens is 310 g/mol. The number of amides is 1. The molecule has 0 bridgehead atoms. The number of aliphatic hydroxyl groups excluding tert-OH is 1. The van der Waals surface area contributed by atoms with Crippen LogP contribution in [0.15, 0.2) is 29.5 Å². The smallest absolute Gasteiger partial charge is 0.290 e. The van der Waals surface area contributed by atoms with E-state index in [2.05, 4.69) is 0 Å². The minimum Gasteiger partial charge on any atom is -0.503 e. The van der Waals surface area contributed by atoms with E-state index in [0.29, 0.717) is 31.3 Å². The minimum atomic E-state index is -0.583. The molecule has 1 aromatic rings. The number of ether oxygens (including phenoxy) is 2. The lowest BCUT2D eigenvalue weighted by molar-refractivity contribution is -0.129. The zero-order valence-electron chi connectivity index (χ0n) is 13.9. The van der Waals surface area contributed by atoms with Crippen LogP contribution in [0.2, 0.25) is 0 Å². The molecule has 6 heteroatoms. The van der Waals surface area contributed by atoms with E-state index in [-0.39, 0.29) is 17.8 Å². The topological polar surface area (TPSA) is 76.1 Å². The molecule has 2 aliphatic rings. The Balaban J connectivity index is 2.07. The molecule has 6 nitrogen and oxygen atoms in total. The largest absolute Gasteiger partial charge is 0.503 e. The monoisotopic (exact) mass is 331 g/mol. The molecule has 3 rings (SSSR count). The summed E-state index contributed by atoms with van der Waals surface area (Å²) in [6, 6.07) is 4.80. The van der Waals surface area contributed by atoms with Gasteiger partial charge in [0.15, 0.2) is 23.0 Å². The molecule has 24 heavy (non-hydrogen) atoms. The summed E-state index contributed by atoms with van der Waals surface area (Å²) >= 11 is 0. The van der Waals surface area contributed by atoms with Crippen LogP contribution < -0.4 is 9.47 Å². The summed E-state index contributed by atoms with van der Waals surface area (Å²) in [5.74, 6) is 0.0911. The standard InChI is InChI=1S/C18H21NO5/c1-3-7-19-16(15(12(20)4-2)17(21)18(19)22)11-5-6-13-14(10-11)24-9-8-23-13/h5-6,10,16,21H,3-4,7-9H2,1-2H3. The zero-order chi connectivity index (χ0) is 17.3. The van der Waals surface area contributed by atoms with E-state index in [0.717, 1.165) is 12.0 Å². The first-order valence-electron chi connectivity index (χ1n) is 8.25. The molecule has 0 saturated heterocycles. The SMILES string of the molecule is CCCN1C(=O)C(O)=C(C(=O)CC)C1c1ccc2c(c1)OCCO2. The molecule has 0 aromatic heterocycles. The van der Waals surface area contributed by atoms with E-state index < -0.39 is 17.7 Å². The molecule has 0 radical (unpaired) electrons. The second-order valence-corrected chi connectivity index (χ2v) is 5.84. The van der Waals surface area contributed by atoms with E-state index in [1.807, 2.05) is 13.0 Å². The summed E-state index contributed by atoms with van der Waals surface area (Å²) in [7, 11) is 0. The number of aliphatic hydroxyl groups is 1. The van der Waals surface area contributed by atoms with Crippen LogP contribution in [-0.2, 0) is 9.59 Å².